The van der Waals surface area contributed by atoms with Crippen LogP contribution in [-0.2, 0) is 0 Å². The van der Waals surface area contributed by atoms with Gasteiger partial charge in [0.1, 0.15) is 5.82 Å². The van der Waals surface area contributed by atoms with E-state index in [0.717, 1.165) is 24.2 Å². The first kappa shape index (κ1) is 13.0. The molecule has 3 nitrogen and oxygen atoms in total. The number of hydrogen-bond donors (Lipinski definition) is 1. The first-order valence-corrected chi connectivity index (χ1v) is 6.04. The maximum atomic E-state index is 5.88. The van der Waals surface area contributed by atoms with Gasteiger partial charge in [-0.15, -0.1) is 0 Å². The third kappa shape index (κ3) is 2.95. The largest absolute Gasteiger partial charge is 0.357 e. The van der Waals surface area contributed by atoms with Crippen molar-refractivity contribution in [2.75, 3.05) is 11.9 Å². The van der Waals surface area contributed by atoms with Crippen LogP contribution in [0.3, 0.4) is 0 Å². The Labute approximate surface area is 98.7 Å². The summed E-state index contributed by atoms with van der Waals surface area (Å²) < 4.78 is 0. The highest BCUT2D eigenvalue weighted by Crippen LogP contribution is 2.19. The van der Waals surface area contributed by atoms with Crippen molar-refractivity contribution >= 4 is 5.82 Å². The summed E-state index contributed by atoms with van der Waals surface area (Å²) in [5.41, 5.74) is 7.02. The summed E-state index contributed by atoms with van der Waals surface area (Å²) in [5, 5.41) is 0. The predicted molar refractivity (Wildman–Crippen MR) is 69.6 cm³/mol. The summed E-state index contributed by atoms with van der Waals surface area (Å²) >= 11 is 0. The van der Waals surface area contributed by atoms with Crippen molar-refractivity contribution < 1.29 is 0 Å². The molecule has 90 valence electrons. The molecular formula is C13H23N3. The Kier molecular flexibility index (Phi) is 4.74. The van der Waals surface area contributed by atoms with Crippen molar-refractivity contribution in [3.8, 4) is 0 Å². The minimum absolute atomic E-state index is 0.0665. The van der Waals surface area contributed by atoms with Crippen molar-refractivity contribution in [2.45, 2.75) is 45.7 Å². The van der Waals surface area contributed by atoms with E-state index in [1.807, 2.05) is 19.2 Å². The van der Waals surface area contributed by atoms with Gasteiger partial charge in [0, 0.05) is 25.3 Å². The van der Waals surface area contributed by atoms with Gasteiger partial charge >= 0.3 is 0 Å². The molecule has 1 aromatic heterocycles. The molecule has 0 saturated heterocycles. The lowest BCUT2D eigenvalue weighted by Gasteiger charge is -2.27. The molecule has 0 radical (unpaired) electrons. The summed E-state index contributed by atoms with van der Waals surface area (Å²) in [4.78, 5) is 6.65. The summed E-state index contributed by atoms with van der Waals surface area (Å²) in [6.07, 6.45) is 4.11. The van der Waals surface area contributed by atoms with Crippen molar-refractivity contribution in [2.24, 2.45) is 5.73 Å². The van der Waals surface area contributed by atoms with E-state index in [0.29, 0.717) is 6.04 Å². The highest BCUT2D eigenvalue weighted by atomic mass is 15.2. The average Bonchev–Trinajstić information content (AvgIpc) is 2.30. The molecule has 0 aliphatic heterocycles. The van der Waals surface area contributed by atoms with Crippen LogP contribution in [0.2, 0.25) is 0 Å². The zero-order valence-electron chi connectivity index (χ0n) is 10.8. The van der Waals surface area contributed by atoms with Gasteiger partial charge in [0.05, 0.1) is 0 Å². The molecule has 2 N–H and O–H groups in total. The minimum atomic E-state index is 0.0665. The van der Waals surface area contributed by atoms with Crippen molar-refractivity contribution in [1.29, 1.82) is 0 Å². The first-order chi connectivity index (χ1) is 7.60. The summed E-state index contributed by atoms with van der Waals surface area (Å²) in [6.45, 7) is 6.41. The van der Waals surface area contributed by atoms with E-state index < -0.39 is 0 Å². The number of anilines is 1. The number of pyridine rings is 1. The maximum absolute atomic E-state index is 5.88. The topological polar surface area (TPSA) is 42.1 Å². The van der Waals surface area contributed by atoms with E-state index >= 15 is 0 Å². The zero-order chi connectivity index (χ0) is 12.1. The fourth-order valence-electron chi connectivity index (χ4n) is 1.93. The highest BCUT2D eigenvalue weighted by molar-refractivity contribution is 5.41. The van der Waals surface area contributed by atoms with Gasteiger partial charge in [-0.05, 0) is 37.5 Å². The van der Waals surface area contributed by atoms with E-state index in [9.17, 15) is 0 Å². The molecule has 3 heteroatoms. The molecule has 1 atom stereocenters. The molecule has 0 unspecified atom stereocenters. The highest BCUT2D eigenvalue weighted by Gasteiger charge is 2.13. The second-order valence-corrected chi connectivity index (χ2v) is 4.32. The third-order valence-corrected chi connectivity index (χ3v) is 3.15. The maximum Gasteiger partial charge on any atom is 0.128 e. The smallest absolute Gasteiger partial charge is 0.128 e. The van der Waals surface area contributed by atoms with Crippen LogP contribution in [0.1, 0.15) is 45.2 Å². The molecule has 16 heavy (non-hydrogen) atoms. The molecule has 0 aliphatic rings. The Morgan fingerprint density at radius 2 is 2.00 bits per heavy atom. The van der Waals surface area contributed by atoms with Gasteiger partial charge in [-0.3, -0.25) is 0 Å². The quantitative estimate of drug-likeness (QED) is 0.831. The average molecular weight is 221 g/mol. The van der Waals surface area contributed by atoms with E-state index in [-0.39, 0.29) is 6.04 Å². The van der Waals surface area contributed by atoms with Crippen molar-refractivity contribution in [3.63, 3.8) is 0 Å². The molecule has 0 fully saturated rings. The lowest BCUT2D eigenvalue weighted by atomic mass is 10.1. The fourth-order valence-corrected chi connectivity index (χ4v) is 1.93. The molecular weight excluding hydrogens is 198 g/mol. The van der Waals surface area contributed by atoms with Crippen LogP contribution < -0.4 is 10.6 Å². The first-order valence-electron chi connectivity index (χ1n) is 6.04. The standard InChI is InChI=1S/C13H23N3/c1-5-12(6-2)16(4)13-9-11(10(3)14)7-8-15-13/h7-10,12H,5-6,14H2,1-4H3/t10-/m0/s1. The molecule has 0 aliphatic carbocycles. The van der Waals surface area contributed by atoms with E-state index in [1.54, 1.807) is 0 Å². The van der Waals surface area contributed by atoms with Gasteiger partial charge in [0.2, 0.25) is 0 Å². The van der Waals surface area contributed by atoms with Gasteiger partial charge in [-0.1, -0.05) is 13.8 Å². The molecule has 0 bridgehead atoms. The van der Waals surface area contributed by atoms with Crippen molar-refractivity contribution in [1.82, 2.24) is 4.98 Å². The lowest BCUT2D eigenvalue weighted by Crippen LogP contribution is -2.31. The number of hydrogen-bond acceptors (Lipinski definition) is 3. The van der Waals surface area contributed by atoms with Crippen molar-refractivity contribution in [3.05, 3.63) is 23.9 Å². The zero-order valence-corrected chi connectivity index (χ0v) is 10.8. The number of nitrogens with zero attached hydrogens (tertiary/aromatic N) is 2. The second kappa shape index (κ2) is 5.85. The van der Waals surface area contributed by atoms with Crippen LogP contribution in [-0.4, -0.2) is 18.1 Å². The Balaban J connectivity index is 2.90. The Bertz CT molecular complexity index is 319. The van der Waals surface area contributed by atoms with Crippen LogP contribution in [0.4, 0.5) is 5.82 Å². The molecule has 0 aromatic carbocycles. The lowest BCUT2D eigenvalue weighted by molar-refractivity contribution is 0.586. The number of rotatable bonds is 5. The van der Waals surface area contributed by atoms with E-state index in [2.05, 4.69) is 36.8 Å². The Morgan fingerprint density at radius 3 is 2.50 bits per heavy atom. The van der Waals surface area contributed by atoms with Crippen LogP contribution in [0, 0.1) is 0 Å². The molecule has 1 rings (SSSR count). The third-order valence-electron chi connectivity index (χ3n) is 3.15. The summed E-state index contributed by atoms with van der Waals surface area (Å²) in [7, 11) is 2.10. The summed E-state index contributed by atoms with van der Waals surface area (Å²) in [5.74, 6) is 1.02. The SMILES string of the molecule is CCC(CC)N(C)c1cc([C@H](C)N)ccn1. The number of aromatic nitrogens is 1. The molecule has 0 amide bonds. The minimum Gasteiger partial charge on any atom is -0.357 e. The fraction of sp³-hybridized carbons (Fsp3) is 0.615. The van der Waals surface area contributed by atoms with Crippen LogP contribution in [0.25, 0.3) is 0 Å². The van der Waals surface area contributed by atoms with E-state index in [1.165, 1.54) is 0 Å². The predicted octanol–water partition coefficient (Wildman–Crippen LogP) is 2.73. The monoisotopic (exact) mass is 221 g/mol. The Morgan fingerprint density at radius 1 is 1.38 bits per heavy atom. The number of nitrogens with two attached hydrogens (primary N) is 1. The van der Waals surface area contributed by atoms with E-state index in [4.69, 9.17) is 5.73 Å². The molecule has 0 spiro atoms. The van der Waals surface area contributed by atoms with Gasteiger partial charge in [0.25, 0.3) is 0 Å². The second-order valence-electron chi connectivity index (χ2n) is 4.32. The van der Waals surface area contributed by atoms with Gasteiger partial charge in [-0.2, -0.15) is 0 Å². The molecule has 1 aromatic rings. The van der Waals surface area contributed by atoms with Crippen LogP contribution in [0.15, 0.2) is 18.3 Å². The van der Waals surface area contributed by atoms with Gasteiger partial charge in [0.15, 0.2) is 0 Å². The van der Waals surface area contributed by atoms with Gasteiger partial charge in [-0.25, -0.2) is 4.98 Å². The Hall–Kier alpha value is -1.09. The van der Waals surface area contributed by atoms with Crippen LogP contribution in [0.5, 0.6) is 0 Å². The molecule has 0 saturated carbocycles. The molecule has 1 heterocycles. The normalized spacial score (nSPS) is 12.9. The van der Waals surface area contributed by atoms with Crippen LogP contribution >= 0.6 is 0 Å². The summed E-state index contributed by atoms with van der Waals surface area (Å²) in [6, 6.07) is 4.69. The van der Waals surface area contributed by atoms with Gasteiger partial charge < -0.3 is 10.6 Å².